The number of methoxy groups -OCH3 is 1. The summed E-state index contributed by atoms with van der Waals surface area (Å²) in [6.45, 7) is 5.30. The molecule has 0 aliphatic carbocycles. The SMILES string of the molecule is COc1ccc(-c2nnc(NCCCOC(C)C)[nH]c2=O)cc1. The Hall–Kier alpha value is -2.41. The van der Waals surface area contributed by atoms with E-state index in [2.05, 4.69) is 20.5 Å². The quantitative estimate of drug-likeness (QED) is 0.724. The number of ether oxygens (including phenoxy) is 2. The van der Waals surface area contributed by atoms with Gasteiger partial charge in [-0.25, -0.2) is 0 Å². The van der Waals surface area contributed by atoms with Crippen LogP contribution in [0.1, 0.15) is 20.3 Å². The van der Waals surface area contributed by atoms with Crippen LogP contribution < -0.4 is 15.6 Å². The lowest BCUT2D eigenvalue weighted by Crippen LogP contribution is -2.18. The summed E-state index contributed by atoms with van der Waals surface area (Å²) in [7, 11) is 1.59. The molecule has 0 saturated heterocycles. The van der Waals surface area contributed by atoms with Gasteiger partial charge in [0.25, 0.3) is 5.56 Å². The van der Waals surface area contributed by atoms with E-state index in [1.165, 1.54) is 0 Å². The average molecular weight is 318 g/mol. The number of rotatable bonds is 8. The van der Waals surface area contributed by atoms with Gasteiger partial charge in [-0.2, -0.15) is 0 Å². The van der Waals surface area contributed by atoms with Gasteiger partial charge in [0.05, 0.1) is 13.2 Å². The Morgan fingerprint density at radius 3 is 2.57 bits per heavy atom. The average Bonchev–Trinajstić information content (AvgIpc) is 2.54. The second-order valence-corrected chi connectivity index (χ2v) is 5.28. The first-order valence-corrected chi connectivity index (χ1v) is 7.57. The van der Waals surface area contributed by atoms with E-state index in [0.717, 1.165) is 12.2 Å². The topological polar surface area (TPSA) is 89.1 Å². The highest BCUT2D eigenvalue weighted by Crippen LogP contribution is 2.17. The molecule has 23 heavy (non-hydrogen) atoms. The van der Waals surface area contributed by atoms with Crippen molar-refractivity contribution in [3.63, 3.8) is 0 Å². The van der Waals surface area contributed by atoms with Crippen LogP contribution in [0.5, 0.6) is 5.75 Å². The van der Waals surface area contributed by atoms with E-state index in [9.17, 15) is 4.79 Å². The molecule has 0 atom stereocenters. The molecule has 1 aromatic carbocycles. The minimum atomic E-state index is -0.286. The molecule has 0 unspecified atom stereocenters. The zero-order chi connectivity index (χ0) is 16.7. The van der Waals surface area contributed by atoms with E-state index in [4.69, 9.17) is 9.47 Å². The van der Waals surface area contributed by atoms with E-state index < -0.39 is 0 Å². The summed E-state index contributed by atoms with van der Waals surface area (Å²) in [5.41, 5.74) is 0.684. The van der Waals surface area contributed by atoms with Crippen molar-refractivity contribution in [1.29, 1.82) is 0 Å². The maximum Gasteiger partial charge on any atom is 0.279 e. The first kappa shape index (κ1) is 17.0. The Balaban J connectivity index is 1.96. The molecule has 0 amide bonds. The van der Waals surface area contributed by atoms with E-state index >= 15 is 0 Å². The molecular weight excluding hydrogens is 296 g/mol. The second kappa shape index (κ2) is 8.28. The van der Waals surface area contributed by atoms with Crippen LogP contribution in [-0.2, 0) is 4.74 Å². The molecule has 2 N–H and O–H groups in total. The molecular formula is C16H22N4O3. The number of aromatic nitrogens is 3. The minimum Gasteiger partial charge on any atom is -0.497 e. The molecule has 1 heterocycles. The number of H-pyrrole nitrogens is 1. The van der Waals surface area contributed by atoms with Crippen molar-refractivity contribution in [3.8, 4) is 17.0 Å². The van der Waals surface area contributed by atoms with Crippen LogP contribution in [0, 0.1) is 0 Å². The highest BCUT2D eigenvalue weighted by molar-refractivity contribution is 5.58. The van der Waals surface area contributed by atoms with E-state index in [1.54, 1.807) is 31.4 Å². The van der Waals surface area contributed by atoms with Crippen molar-refractivity contribution in [2.75, 3.05) is 25.6 Å². The summed E-state index contributed by atoms with van der Waals surface area (Å²) in [6.07, 6.45) is 1.04. The molecule has 0 fully saturated rings. The third kappa shape index (κ3) is 5.07. The molecule has 1 aromatic heterocycles. The minimum absolute atomic E-state index is 0.221. The van der Waals surface area contributed by atoms with Crippen LogP contribution in [0.2, 0.25) is 0 Å². The number of anilines is 1. The van der Waals surface area contributed by atoms with Crippen LogP contribution in [0.4, 0.5) is 5.95 Å². The van der Waals surface area contributed by atoms with Crippen LogP contribution in [-0.4, -0.2) is 41.5 Å². The Morgan fingerprint density at radius 2 is 1.96 bits per heavy atom. The fraction of sp³-hybridized carbons (Fsp3) is 0.438. The van der Waals surface area contributed by atoms with Crippen LogP contribution in [0.3, 0.4) is 0 Å². The summed E-state index contributed by atoms with van der Waals surface area (Å²) in [4.78, 5) is 14.8. The molecule has 0 saturated carbocycles. The number of hydrogen-bond acceptors (Lipinski definition) is 6. The van der Waals surface area contributed by atoms with Crippen LogP contribution in [0.15, 0.2) is 29.1 Å². The lowest BCUT2D eigenvalue weighted by molar-refractivity contribution is 0.0787. The van der Waals surface area contributed by atoms with Crippen molar-refractivity contribution in [2.24, 2.45) is 0 Å². The molecule has 0 aliphatic heterocycles. The normalized spacial score (nSPS) is 10.8. The number of hydrogen-bond donors (Lipinski definition) is 2. The van der Waals surface area contributed by atoms with Crippen LogP contribution in [0.25, 0.3) is 11.3 Å². The van der Waals surface area contributed by atoms with Gasteiger partial charge in [-0.3, -0.25) is 9.78 Å². The largest absolute Gasteiger partial charge is 0.497 e. The van der Waals surface area contributed by atoms with Gasteiger partial charge in [-0.05, 0) is 44.5 Å². The molecule has 2 rings (SSSR count). The Morgan fingerprint density at radius 1 is 1.22 bits per heavy atom. The first-order chi connectivity index (χ1) is 11.1. The van der Waals surface area contributed by atoms with Gasteiger partial charge in [-0.15, -0.1) is 10.2 Å². The maximum absolute atomic E-state index is 12.1. The van der Waals surface area contributed by atoms with Gasteiger partial charge in [0, 0.05) is 18.7 Å². The summed E-state index contributed by atoms with van der Waals surface area (Å²) in [5.74, 6) is 1.08. The van der Waals surface area contributed by atoms with Gasteiger partial charge >= 0.3 is 0 Å². The molecule has 124 valence electrons. The zero-order valence-electron chi connectivity index (χ0n) is 13.6. The van der Waals surface area contributed by atoms with Gasteiger partial charge in [0.2, 0.25) is 5.95 Å². The Bertz CT molecular complexity index is 668. The van der Waals surface area contributed by atoms with E-state index in [-0.39, 0.29) is 17.4 Å². The lowest BCUT2D eigenvalue weighted by atomic mass is 10.1. The van der Waals surface area contributed by atoms with Gasteiger partial charge < -0.3 is 14.8 Å². The smallest absolute Gasteiger partial charge is 0.279 e. The fourth-order valence-corrected chi connectivity index (χ4v) is 1.95. The van der Waals surface area contributed by atoms with Gasteiger partial charge in [0.15, 0.2) is 5.69 Å². The van der Waals surface area contributed by atoms with Crippen LogP contribution >= 0.6 is 0 Å². The van der Waals surface area contributed by atoms with E-state index in [0.29, 0.717) is 24.7 Å². The van der Waals surface area contributed by atoms with E-state index in [1.807, 2.05) is 13.8 Å². The third-order valence-electron chi connectivity index (χ3n) is 3.13. The molecule has 7 nitrogen and oxygen atoms in total. The molecule has 0 bridgehead atoms. The third-order valence-corrected chi connectivity index (χ3v) is 3.13. The second-order valence-electron chi connectivity index (χ2n) is 5.28. The van der Waals surface area contributed by atoms with Crippen molar-refractivity contribution < 1.29 is 9.47 Å². The van der Waals surface area contributed by atoms with Gasteiger partial charge in [0.1, 0.15) is 5.75 Å². The highest BCUT2D eigenvalue weighted by atomic mass is 16.5. The molecule has 0 radical (unpaired) electrons. The fourth-order valence-electron chi connectivity index (χ4n) is 1.95. The number of nitrogens with one attached hydrogen (secondary N) is 2. The van der Waals surface area contributed by atoms with Gasteiger partial charge in [-0.1, -0.05) is 0 Å². The van der Waals surface area contributed by atoms with Crippen molar-refractivity contribution in [3.05, 3.63) is 34.6 Å². The molecule has 0 spiro atoms. The van der Waals surface area contributed by atoms with Crippen molar-refractivity contribution in [2.45, 2.75) is 26.4 Å². The molecule has 2 aromatic rings. The summed E-state index contributed by atoms with van der Waals surface area (Å²) >= 11 is 0. The standard InChI is InChI=1S/C16H22N4O3/c1-11(2)23-10-4-9-17-16-18-15(21)14(19-20-16)12-5-7-13(22-3)8-6-12/h5-8,11H,4,9-10H2,1-3H3,(H2,17,18,20,21). The Kier molecular flexibility index (Phi) is 6.10. The monoisotopic (exact) mass is 318 g/mol. The summed E-state index contributed by atoms with van der Waals surface area (Å²) in [5, 5.41) is 11.0. The zero-order valence-corrected chi connectivity index (χ0v) is 13.6. The maximum atomic E-state index is 12.1. The Labute approximate surface area is 135 Å². The predicted molar refractivity (Wildman–Crippen MR) is 88.8 cm³/mol. The van der Waals surface area contributed by atoms with Crippen molar-refractivity contribution >= 4 is 5.95 Å². The molecule has 0 aliphatic rings. The highest BCUT2D eigenvalue weighted by Gasteiger charge is 2.07. The molecule has 7 heteroatoms. The first-order valence-electron chi connectivity index (χ1n) is 7.57. The number of benzene rings is 1. The summed E-state index contributed by atoms with van der Waals surface area (Å²) in [6, 6.07) is 7.09. The number of aromatic amines is 1. The predicted octanol–water partition coefficient (Wildman–Crippen LogP) is 2.07. The van der Waals surface area contributed by atoms with Crippen molar-refractivity contribution in [1.82, 2.24) is 15.2 Å². The number of nitrogens with zero attached hydrogens (tertiary/aromatic N) is 2. The summed E-state index contributed by atoms with van der Waals surface area (Å²) < 4.78 is 10.5. The lowest BCUT2D eigenvalue weighted by Gasteiger charge is -2.08.